The van der Waals surface area contributed by atoms with Crippen molar-refractivity contribution in [2.75, 3.05) is 6.61 Å². The van der Waals surface area contributed by atoms with Crippen LogP contribution in [0.5, 0.6) is 5.75 Å². The van der Waals surface area contributed by atoms with Gasteiger partial charge in [0.2, 0.25) is 17.5 Å². The van der Waals surface area contributed by atoms with Crippen molar-refractivity contribution in [3.05, 3.63) is 69.2 Å². The van der Waals surface area contributed by atoms with Crippen LogP contribution in [0, 0.1) is 23.3 Å². The van der Waals surface area contributed by atoms with Gasteiger partial charge in [0.25, 0.3) is 5.56 Å². The van der Waals surface area contributed by atoms with Crippen LogP contribution in [0.3, 0.4) is 0 Å². The molecule has 0 aliphatic heterocycles. The van der Waals surface area contributed by atoms with E-state index in [9.17, 15) is 36.7 Å². The van der Waals surface area contributed by atoms with Gasteiger partial charge in [-0.3, -0.25) is 23.7 Å². The molecule has 2 atom stereocenters. The van der Waals surface area contributed by atoms with Crippen molar-refractivity contribution >= 4 is 40.2 Å². The van der Waals surface area contributed by atoms with E-state index in [2.05, 4.69) is 15.0 Å². The Hall–Kier alpha value is -4.00. The molecule has 1 unspecified atom stereocenters. The lowest BCUT2D eigenvalue weighted by Gasteiger charge is -2.22. The molecule has 1 heterocycles. The first-order valence-corrected chi connectivity index (χ1v) is 11.0. The molecule has 0 saturated heterocycles. The highest BCUT2D eigenvalue weighted by atomic mass is 35.5. The summed E-state index contributed by atoms with van der Waals surface area (Å²) in [4.78, 5) is 53.8. The maximum Gasteiger partial charge on any atom is 0.305 e. The summed E-state index contributed by atoms with van der Waals surface area (Å²) in [6.45, 7) is 0.307. The number of carboxylic acid groups (broad SMARTS) is 1. The Bertz CT molecular complexity index is 1420. The summed E-state index contributed by atoms with van der Waals surface area (Å²) in [5.41, 5.74) is -0.316. The number of nitrogens with one attached hydrogen (secondary N) is 1. The van der Waals surface area contributed by atoms with Crippen LogP contribution in [-0.4, -0.2) is 45.0 Å². The number of carbonyl (C=O) groups excluding carboxylic acids is 2. The molecule has 0 radical (unpaired) electrons. The Morgan fingerprint density at radius 3 is 2.38 bits per heavy atom. The molecule has 196 valence electrons. The number of halogens is 5. The smallest absolute Gasteiger partial charge is 0.305 e. The number of ketones is 1. The lowest BCUT2D eigenvalue weighted by molar-refractivity contribution is -0.140. The SMILES string of the molecule is CC[C@@H](C(=O)NC(CC(=O)O)C(=O)COc1c(F)c(F)cc(F)c1F)n1cnc2ccc(Cl)cc2c1=O. The molecule has 2 N–H and O–H groups in total. The van der Waals surface area contributed by atoms with Crippen LogP contribution >= 0.6 is 11.6 Å². The first-order valence-electron chi connectivity index (χ1n) is 10.6. The molecule has 2 aromatic carbocycles. The van der Waals surface area contributed by atoms with Gasteiger partial charge in [0, 0.05) is 11.1 Å². The summed E-state index contributed by atoms with van der Waals surface area (Å²) in [6, 6.07) is 1.31. The number of hydrogen-bond acceptors (Lipinski definition) is 6. The van der Waals surface area contributed by atoms with Crippen LogP contribution in [0.25, 0.3) is 10.9 Å². The predicted octanol–water partition coefficient (Wildman–Crippen LogP) is 3.17. The number of nitrogens with zero attached hydrogens (tertiary/aromatic N) is 2. The van der Waals surface area contributed by atoms with E-state index in [4.69, 9.17) is 16.7 Å². The molecule has 0 spiro atoms. The number of ether oxygens (including phenoxy) is 1. The van der Waals surface area contributed by atoms with Crippen molar-refractivity contribution in [2.24, 2.45) is 0 Å². The predicted molar refractivity (Wildman–Crippen MR) is 121 cm³/mol. The quantitative estimate of drug-likeness (QED) is 0.297. The third-order valence-electron chi connectivity index (χ3n) is 5.28. The molecule has 14 heteroatoms. The standard InChI is InChI=1S/C23H18ClF4N3O6/c1-2-16(31-9-29-14-4-3-10(24)5-11(14)23(31)36)22(35)30-15(7-18(33)34)17(32)8-37-21-19(27)12(25)6-13(26)20(21)28/h3-6,9,15-16H,2,7-8H2,1H3,(H,30,35)(H,33,34)/t15?,16-/m0/s1. The van der Waals surface area contributed by atoms with E-state index in [-0.39, 0.29) is 22.9 Å². The molecular weight excluding hydrogens is 526 g/mol. The molecule has 9 nitrogen and oxygen atoms in total. The summed E-state index contributed by atoms with van der Waals surface area (Å²) in [6.07, 6.45) is 0.157. The van der Waals surface area contributed by atoms with Crippen molar-refractivity contribution in [3.63, 3.8) is 0 Å². The zero-order chi connectivity index (χ0) is 27.4. The molecular formula is C23H18ClF4N3O6. The summed E-state index contributed by atoms with van der Waals surface area (Å²) >= 11 is 5.93. The summed E-state index contributed by atoms with van der Waals surface area (Å²) in [5, 5.41) is 11.7. The zero-order valence-electron chi connectivity index (χ0n) is 18.9. The number of carbonyl (C=O) groups is 3. The fraction of sp³-hybridized carbons (Fsp3) is 0.261. The highest BCUT2D eigenvalue weighted by Crippen LogP contribution is 2.26. The third kappa shape index (κ3) is 6.05. The maximum absolute atomic E-state index is 13.8. The van der Waals surface area contributed by atoms with Gasteiger partial charge in [-0.25, -0.2) is 13.8 Å². The van der Waals surface area contributed by atoms with E-state index in [1.165, 1.54) is 18.2 Å². The topological polar surface area (TPSA) is 128 Å². The number of aromatic nitrogens is 2. The fourth-order valence-corrected chi connectivity index (χ4v) is 3.62. The average Bonchev–Trinajstić information content (AvgIpc) is 2.84. The van der Waals surface area contributed by atoms with Gasteiger partial charge in [-0.1, -0.05) is 18.5 Å². The van der Waals surface area contributed by atoms with Crippen molar-refractivity contribution < 1.29 is 41.8 Å². The average molecular weight is 544 g/mol. The number of benzene rings is 2. The Morgan fingerprint density at radius 2 is 1.78 bits per heavy atom. The van der Waals surface area contributed by atoms with Crippen LogP contribution in [-0.2, 0) is 14.4 Å². The number of hydrogen-bond donors (Lipinski definition) is 2. The Labute approximate surface area is 210 Å². The minimum atomic E-state index is -1.90. The molecule has 0 fully saturated rings. The van der Waals surface area contributed by atoms with E-state index in [0.29, 0.717) is 5.52 Å². The molecule has 1 aromatic heterocycles. The van der Waals surface area contributed by atoms with Crippen molar-refractivity contribution in [2.45, 2.75) is 31.8 Å². The van der Waals surface area contributed by atoms with Gasteiger partial charge >= 0.3 is 5.97 Å². The highest BCUT2D eigenvalue weighted by molar-refractivity contribution is 6.31. The van der Waals surface area contributed by atoms with Gasteiger partial charge in [0.1, 0.15) is 18.7 Å². The second-order valence-electron chi connectivity index (χ2n) is 7.75. The minimum Gasteiger partial charge on any atom is -0.481 e. The fourth-order valence-electron chi connectivity index (χ4n) is 3.45. The molecule has 3 rings (SSSR count). The van der Waals surface area contributed by atoms with Gasteiger partial charge in [-0.15, -0.1) is 0 Å². The van der Waals surface area contributed by atoms with E-state index in [0.717, 1.165) is 10.9 Å². The third-order valence-corrected chi connectivity index (χ3v) is 5.52. The largest absolute Gasteiger partial charge is 0.481 e. The van der Waals surface area contributed by atoms with E-state index >= 15 is 0 Å². The summed E-state index contributed by atoms with van der Waals surface area (Å²) in [7, 11) is 0. The normalized spacial score (nSPS) is 12.7. The molecule has 0 saturated carbocycles. The Balaban J connectivity index is 1.84. The van der Waals surface area contributed by atoms with Crippen molar-refractivity contribution in [1.82, 2.24) is 14.9 Å². The van der Waals surface area contributed by atoms with Gasteiger partial charge in [0.05, 0.1) is 23.7 Å². The first-order chi connectivity index (χ1) is 17.4. The number of rotatable bonds is 10. The van der Waals surface area contributed by atoms with Crippen molar-refractivity contribution in [3.8, 4) is 5.75 Å². The van der Waals surface area contributed by atoms with Crippen LogP contribution in [0.1, 0.15) is 25.8 Å². The monoisotopic (exact) mass is 543 g/mol. The zero-order valence-corrected chi connectivity index (χ0v) is 19.7. The minimum absolute atomic E-state index is 0.0168. The van der Waals surface area contributed by atoms with Gasteiger partial charge in [0.15, 0.2) is 23.2 Å². The summed E-state index contributed by atoms with van der Waals surface area (Å²) in [5.74, 6) is -12.5. The van der Waals surface area contributed by atoms with Gasteiger partial charge < -0.3 is 15.2 Å². The Morgan fingerprint density at radius 1 is 1.14 bits per heavy atom. The van der Waals surface area contributed by atoms with E-state index in [1.54, 1.807) is 6.92 Å². The van der Waals surface area contributed by atoms with Gasteiger partial charge in [-0.2, -0.15) is 8.78 Å². The maximum atomic E-state index is 13.8. The van der Waals surface area contributed by atoms with Crippen LogP contribution in [0.15, 0.2) is 35.4 Å². The number of aliphatic carboxylic acids is 1. The molecule has 0 aliphatic carbocycles. The second kappa shape index (κ2) is 11.4. The summed E-state index contributed by atoms with van der Waals surface area (Å²) < 4.78 is 59.9. The second-order valence-corrected chi connectivity index (χ2v) is 8.19. The van der Waals surface area contributed by atoms with E-state index < -0.39 is 77.3 Å². The van der Waals surface area contributed by atoms with Crippen LogP contribution in [0.2, 0.25) is 5.02 Å². The molecule has 0 bridgehead atoms. The van der Waals surface area contributed by atoms with Gasteiger partial charge in [-0.05, 0) is 24.6 Å². The number of fused-ring (bicyclic) bond motifs is 1. The molecule has 3 aromatic rings. The Kier molecular flexibility index (Phi) is 8.48. The van der Waals surface area contributed by atoms with Crippen molar-refractivity contribution in [1.29, 1.82) is 0 Å². The lowest BCUT2D eigenvalue weighted by Crippen LogP contribution is -2.48. The number of carboxylic acids is 1. The first kappa shape index (κ1) is 27.6. The van der Waals surface area contributed by atoms with Crippen LogP contribution in [0.4, 0.5) is 17.6 Å². The molecule has 1 amide bonds. The number of amides is 1. The van der Waals surface area contributed by atoms with Crippen LogP contribution < -0.4 is 15.6 Å². The number of Topliss-reactive ketones (excluding diaryl/α,β-unsaturated/α-hetero) is 1. The molecule has 0 aliphatic rings. The molecule has 37 heavy (non-hydrogen) atoms. The van der Waals surface area contributed by atoms with E-state index in [1.807, 2.05) is 0 Å². The highest BCUT2D eigenvalue weighted by Gasteiger charge is 2.30. The lowest BCUT2D eigenvalue weighted by atomic mass is 10.1.